The van der Waals surface area contributed by atoms with Gasteiger partial charge in [0.25, 0.3) is 5.91 Å². The normalized spacial score (nSPS) is 14.5. The second-order valence-corrected chi connectivity index (χ2v) is 10.3. The molecule has 1 N–H and O–H groups in total. The van der Waals surface area contributed by atoms with Crippen LogP contribution in [-0.4, -0.2) is 76.3 Å². The Morgan fingerprint density at radius 2 is 1.69 bits per heavy atom. The van der Waals surface area contributed by atoms with Gasteiger partial charge in [0, 0.05) is 50.3 Å². The summed E-state index contributed by atoms with van der Waals surface area (Å²) in [6, 6.07) is 18.1. The third kappa shape index (κ3) is 6.03. The molecule has 0 bridgehead atoms. The largest absolute Gasteiger partial charge is 0.497 e. The van der Waals surface area contributed by atoms with Crippen molar-refractivity contribution >= 4 is 28.3 Å². The van der Waals surface area contributed by atoms with Gasteiger partial charge in [-0.2, -0.15) is 0 Å². The Hall–Kier alpha value is -3.32. The number of nitrogens with one attached hydrogen (secondary N) is 1. The molecular weight excluding hydrogens is 438 g/mol. The molecule has 3 aromatic rings. The zero-order chi connectivity index (χ0) is 25.0. The van der Waals surface area contributed by atoms with Gasteiger partial charge >= 0.3 is 0 Å². The van der Waals surface area contributed by atoms with E-state index in [1.807, 2.05) is 42.5 Å². The summed E-state index contributed by atoms with van der Waals surface area (Å²) in [6.45, 7) is 9.31. The van der Waals surface area contributed by atoms with Crippen molar-refractivity contribution in [1.82, 2.24) is 15.2 Å². The van der Waals surface area contributed by atoms with Crippen LogP contribution in [0, 0.1) is 5.41 Å². The van der Waals surface area contributed by atoms with Crippen LogP contribution >= 0.6 is 0 Å². The Morgan fingerprint density at radius 3 is 2.34 bits per heavy atom. The molecule has 1 fully saturated rings. The monoisotopic (exact) mass is 475 g/mol. The first-order chi connectivity index (χ1) is 16.8. The Bertz CT molecular complexity index is 1150. The first-order valence-electron chi connectivity index (χ1n) is 12.2. The number of amides is 1. The summed E-state index contributed by atoms with van der Waals surface area (Å²) < 4.78 is 5.28. The number of anilines is 2. The molecule has 0 unspecified atom stereocenters. The van der Waals surface area contributed by atoms with Crippen LogP contribution < -0.4 is 19.9 Å². The van der Waals surface area contributed by atoms with Crippen molar-refractivity contribution in [3.05, 3.63) is 60.2 Å². The lowest BCUT2D eigenvalue weighted by Crippen LogP contribution is -2.47. The van der Waals surface area contributed by atoms with Crippen LogP contribution in [0.2, 0.25) is 0 Å². The van der Waals surface area contributed by atoms with Gasteiger partial charge in [0.05, 0.1) is 18.2 Å². The van der Waals surface area contributed by atoms with Gasteiger partial charge in [-0.15, -0.1) is 0 Å². The minimum atomic E-state index is -0.0476. The molecule has 2 heterocycles. The fraction of sp³-hybridized carbons (Fsp3) is 0.429. The van der Waals surface area contributed by atoms with E-state index in [0.29, 0.717) is 12.1 Å². The highest BCUT2D eigenvalue weighted by atomic mass is 16.5. The van der Waals surface area contributed by atoms with E-state index in [0.717, 1.165) is 55.2 Å². The first kappa shape index (κ1) is 24.8. The van der Waals surface area contributed by atoms with E-state index in [4.69, 9.17) is 9.72 Å². The molecule has 7 nitrogen and oxygen atoms in total. The molecule has 1 aliphatic heterocycles. The molecule has 0 atom stereocenters. The maximum atomic E-state index is 13.3. The van der Waals surface area contributed by atoms with E-state index < -0.39 is 0 Å². The van der Waals surface area contributed by atoms with Gasteiger partial charge in [-0.05, 0) is 55.9 Å². The van der Waals surface area contributed by atoms with Gasteiger partial charge in [0.1, 0.15) is 11.6 Å². The molecule has 0 saturated carbocycles. The van der Waals surface area contributed by atoms with E-state index in [2.05, 4.69) is 60.1 Å². The molecule has 1 aliphatic rings. The SMILES string of the molecule is COc1ccc(N2CCN(c3cc(C(=O)NCC(C)(C)CN(C)C)c4ccccc4n3)CC2)cc1. The fourth-order valence-electron chi connectivity index (χ4n) is 4.82. The van der Waals surface area contributed by atoms with Gasteiger partial charge in [-0.1, -0.05) is 32.0 Å². The van der Waals surface area contributed by atoms with E-state index >= 15 is 0 Å². The summed E-state index contributed by atoms with van der Waals surface area (Å²) in [5.41, 5.74) is 2.70. The van der Waals surface area contributed by atoms with Crippen LogP contribution in [0.1, 0.15) is 24.2 Å². The lowest BCUT2D eigenvalue weighted by atomic mass is 9.92. The number of ether oxygens (including phenoxy) is 1. The number of carbonyl (C=O) groups excluding carboxylic acids is 1. The number of methoxy groups -OCH3 is 1. The lowest BCUT2D eigenvalue weighted by molar-refractivity contribution is 0.0931. The third-order valence-electron chi connectivity index (χ3n) is 6.46. The van der Waals surface area contributed by atoms with Gasteiger partial charge < -0.3 is 24.8 Å². The highest BCUT2D eigenvalue weighted by molar-refractivity contribution is 6.07. The third-order valence-corrected chi connectivity index (χ3v) is 6.46. The van der Waals surface area contributed by atoms with Gasteiger partial charge in [0.2, 0.25) is 0 Å². The number of rotatable bonds is 8. The van der Waals surface area contributed by atoms with Crippen LogP contribution in [0.5, 0.6) is 5.75 Å². The van der Waals surface area contributed by atoms with Crippen LogP contribution in [0.3, 0.4) is 0 Å². The number of pyridine rings is 1. The summed E-state index contributed by atoms with van der Waals surface area (Å²) >= 11 is 0. The molecule has 0 radical (unpaired) electrons. The number of piperazine rings is 1. The second-order valence-electron chi connectivity index (χ2n) is 10.3. The van der Waals surface area contributed by atoms with Gasteiger partial charge in [-0.25, -0.2) is 4.98 Å². The molecule has 35 heavy (non-hydrogen) atoms. The van der Waals surface area contributed by atoms with Crippen molar-refractivity contribution in [3.63, 3.8) is 0 Å². The molecule has 1 saturated heterocycles. The number of benzene rings is 2. The molecule has 186 valence electrons. The highest BCUT2D eigenvalue weighted by Crippen LogP contribution is 2.26. The summed E-state index contributed by atoms with van der Waals surface area (Å²) in [5, 5.41) is 4.06. The molecular formula is C28H37N5O2. The maximum Gasteiger partial charge on any atom is 0.252 e. The predicted molar refractivity (Wildman–Crippen MR) is 144 cm³/mol. The predicted octanol–water partition coefficient (Wildman–Crippen LogP) is 3.89. The number of fused-ring (bicyclic) bond motifs is 1. The smallest absolute Gasteiger partial charge is 0.252 e. The Morgan fingerprint density at radius 1 is 1.03 bits per heavy atom. The van der Waals surface area contributed by atoms with E-state index in [9.17, 15) is 4.79 Å². The number of hydrogen-bond acceptors (Lipinski definition) is 6. The number of hydrogen-bond donors (Lipinski definition) is 1. The molecule has 0 aliphatic carbocycles. The van der Waals surface area contributed by atoms with Crippen molar-refractivity contribution in [2.45, 2.75) is 13.8 Å². The number of carbonyl (C=O) groups is 1. The average Bonchev–Trinajstić information content (AvgIpc) is 2.86. The lowest BCUT2D eigenvalue weighted by Gasteiger charge is -2.37. The molecule has 1 amide bonds. The van der Waals surface area contributed by atoms with Crippen LogP contribution in [0.25, 0.3) is 10.9 Å². The minimum absolute atomic E-state index is 0.0252. The van der Waals surface area contributed by atoms with Crippen molar-refractivity contribution in [2.24, 2.45) is 5.41 Å². The van der Waals surface area contributed by atoms with Gasteiger partial charge in [0.15, 0.2) is 0 Å². The van der Waals surface area contributed by atoms with Gasteiger partial charge in [-0.3, -0.25) is 4.79 Å². The van der Waals surface area contributed by atoms with E-state index in [1.54, 1.807) is 7.11 Å². The van der Waals surface area contributed by atoms with E-state index in [1.165, 1.54) is 5.69 Å². The summed E-state index contributed by atoms with van der Waals surface area (Å²) in [7, 11) is 5.80. The fourth-order valence-corrected chi connectivity index (χ4v) is 4.82. The molecule has 0 spiro atoms. The Kier molecular flexibility index (Phi) is 7.45. The Balaban J connectivity index is 1.50. The standard InChI is InChI=1S/C28H37N5O2/c1-28(2,20-31(3)4)19-29-27(34)24-18-26(30-25-9-7-6-8-23(24)25)33-16-14-32(15-17-33)21-10-12-22(35-5)13-11-21/h6-13,18H,14-17,19-20H2,1-5H3,(H,29,34). The number of aromatic nitrogens is 1. The summed E-state index contributed by atoms with van der Waals surface area (Å²) in [5.74, 6) is 1.67. The zero-order valence-corrected chi connectivity index (χ0v) is 21.5. The number of nitrogens with zero attached hydrogens (tertiary/aromatic N) is 4. The van der Waals surface area contributed by atoms with Crippen LogP contribution in [-0.2, 0) is 0 Å². The van der Waals surface area contributed by atoms with Crippen molar-refractivity contribution in [3.8, 4) is 5.75 Å². The molecule has 7 heteroatoms. The van der Waals surface area contributed by atoms with Crippen molar-refractivity contribution < 1.29 is 9.53 Å². The topological polar surface area (TPSA) is 60.9 Å². The van der Waals surface area contributed by atoms with Crippen LogP contribution in [0.4, 0.5) is 11.5 Å². The molecule has 1 aromatic heterocycles. The Labute approximate surface area is 208 Å². The zero-order valence-electron chi connectivity index (χ0n) is 21.5. The first-order valence-corrected chi connectivity index (χ1v) is 12.2. The minimum Gasteiger partial charge on any atom is -0.497 e. The average molecular weight is 476 g/mol. The van der Waals surface area contributed by atoms with Crippen LogP contribution in [0.15, 0.2) is 54.6 Å². The quantitative estimate of drug-likeness (QED) is 0.534. The molecule has 4 rings (SSSR count). The summed E-state index contributed by atoms with van der Waals surface area (Å²) in [4.78, 5) is 25.0. The molecule has 2 aromatic carbocycles. The second kappa shape index (κ2) is 10.5. The maximum absolute atomic E-state index is 13.3. The number of para-hydroxylation sites is 1. The van der Waals surface area contributed by atoms with Crippen molar-refractivity contribution in [2.75, 3.05) is 70.3 Å². The highest BCUT2D eigenvalue weighted by Gasteiger charge is 2.23. The van der Waals surface area contributed by atoms with E-state index in [-0.39, 0.29) is 11.3 Å². The summed E-state index contributed by atoms with van der Waals surface area (Å²) in [6.07, 6.45) is 0. The van der Waals surface area contributed by atoms with Crippen molar-refractivity contribution in [1.29, 1.82) is 0 Å².